The van der Waals surface area contributed by atoms with E-state index in [4.69, 9.17) is 9.15 Å². The largest absolute Gasteiger partial charge is 0.486 e. The predicted molar refractivity (Wildman–Crippen MR) is 139 cm³/mol. The lowest BCUT2D eigenvalue weighted by molar-refractivity contribution is 0.0745. The highest BCUT2D eigenvalue weighted by molar-refractivity contribution is 9.10. The highest BCUT2D eigenvalue weighted by atomic mass is 79.9. The van der Waals surface area contributed by atoms with Crippen LogP contribution in [-0.4, -0.2) is 27.6 Å². The van der Waals surface area contributed by atoms with Crippen LogP contribution in [0.1, 0.15) is 53.9 Å². The molecule has 2 aromatic carbocycles. The van der Waals surface area contributed by atoms with Crippen LogP contribution < -0.4 is 4.74 Å². The Labute approximate surface area is 214 Å². The van der Waals surface area contributed by atoms with Crippen LogP contribution in [0.3, 0.4) is 0 Å². The molecule has 2 heterocycles. The van der Waals surface area contributed by atoms with Gasteiger partial charge in [0.05, 0.1) is 22.9 Å². The van der Waals surface area contributed by atoms with E-state index in [0.717, 1.165) is 22.5 Å². The summed E-state index contributed by atoms with van der Waals surface area (Å²) in [5, 5.41) is 4.30. The van der Waals surface area contributed by atoms with Crippen molar-refractivity contribution in [1.29, 1.82) is 0 Å². The number of carbonyl (C=O) groups is 1. The van der Waals surface area contributed by atoms with Crippen molar-refractivity contribution in [2.75, 3.05) is 7.05 Å². The smallest absolute Gasteiger partial charge is 0.289 e. The first-order valence-electron chi connectivity index (χ1n) is 11.6. The average Bonchev–Trinajstić information content (AvgIpc) is 3.49. The number of aryl methyl sites for hydroxylation is 1. The first-order valence-corrected chi connectivity index (χ1v) is 12.4. The molecule has 0 aliphatic rings. The van der Waals surface area contributed by atoms with Gasteiger partial charge >= 0.3 is 0 Å². The minimum atomic E-state index is -0.195. The van der Waals surface area contributed by atoms with Gasteiger partial charge in [0.25, 0.3) is 5.91 Å². The number of rotatable bonds is 9. The van der Waals surface area contributed by atoms with Gasteiger partial charge < -0.3 is 14.1 Å². The number of amides is 1. The van der Waals surface area contributed by atoms with Gasteiger partial charge in [-0.05, 0) is 58.2 Å². The van der Waals surface area contributed by atoms with Crippen LogP contribution in [0.2, 0.25) is 0 Å². The molecule has 0 saturated heterocycles. The second kappa shape index (κ2) is 10.5. The van der Waals surface area contributed by atoms with Crippen LogP contribution in [0.15, 0.2) is 81.8 Å². The molecule has 1 amide bonds. The summed E-state index contributed by atoms with van der Waals surface area (Å²) in [6.45, 7) is 7.84. The van der Waals surface area contributed by atoms with E-state index in [2.05, 4.69) is 71.3 Å². The molecule has 0 atom stereocenters. The van der Waals surface area contributed by atoms with Crippen LogP contribution >= 0.6 is 15.9 Å². The van der Waals surface area contributed by atoms with Gasteiger partial charge in [-0.3, -0.25) is 9.48 Å². The third-order valence-electron chi connectivity index (χ3n) is 6.26. The Morgan fingerprint density at radius 1 is 1.06 bits per heavy atom. The molecule has 182 valence electrons. The van der Waals surface area contributed by atoms with Crippen molar-refractivity contribution in [3.8, 4) is 5.75 Å². The van der Waals surface area contributed by atoms with E-state index in [-0.39, 0.29) is 23.7 Å². The molecule has 0 aliphatic carbocycles. The van der Waals surface area contributed by atoms with E-state index in [1.54, 1.807) is 30.3 Å². The quantitative estimate of drug-likeness (QED) is 0.247. The molecule has 6 nitrogen and oxygen atoms in total. The fourth-order valence-electron chi connectivity index (χ4n) is 4.02. The molecule has 4 aromatic rings. The van der Waals surface area contributed by atoms with Gasteiger partial charge in [0.15, 0.2) is 5.76 Å². The second-order valence-corrected chi connectivity index (χ2v) is 9.84. The van der Waals surface area contributed by atoms with Crippen molar-refractivity contribution in [3.63, 3.8) is 0 Å². The van der Waals surface area contributed by atoms with Gasteiger partial charge in [-0.15, -0.1) is 0 Å². The highest BCUT2D eigenvalue weighted by Crippen LogP contribution is 2.32. The number of hydrogen-bond donors (Lipinski definition) is 0. The number of hydrogen-bond acceptors (Lipinski definition) is 4. The molecule has 0 saturated carbocycles. The Kier molecular flexibility index (Phi) is 7.45. The van der Waals surface area contributed by atoms with E-state index < -0.39 is 0 Å². The number of aromatic nitrogens is 2. The number of nitrogens with zero attached hydrogens (tertiary/aromatic N) is 3. The van der Waals surface area contributed by atoms with Crippen molar-refractivity contribution in [3.05, 3.63) is 106 Å². The van der Waals surface area contributed by atoms with Gasteiger partial charge in [-0.1, -0.05) is 56.3 Å². The van der Waals surface area contributed by atoms with E-state index >= 15 is 0 Å². The Morgan fingerprint density at radius 2 is 1.74 bits per heavy atom. The van der Waals surface area contributed by atoms with Crippen LogP contribution in [-0.2, 0) is 25.1 Å². The standard InChI is InChI=1S/C28H30BrN3O3/c1-5-32-25(24(29)17-30-32)18-31(4)27(33)26-16-15-23(35-26)19-34-22-13-11-21(12-14-22)28(2,3)20-9-7-6-8-10-20/h6-17H,5,18-19H2,1-4H3. The lowest BCUT2D eigenvalue weighted by Crippen LogP contribution is -2.27. The molecule has 7 heteroatoms. The van der Waals surface area contributed by atoms with Gasteiger partial charge in [-0.25, -0.2) is 0 Å². The van der Waals surface area contributed by atoms with E-state index in [9.17, 15) is 4.79 Å². The maximum Gasteiger partial charge on any atom is 0.289 e. The van der Waals surface area contributed by atoms with E-state index in [1.165, 1.54) is 11.1 Å². The van der Waals surface area contributed by atoms with Crippen LogP contribution in [0.5, 0.6) is 5.75 Å². The van der Waals surface area contributed by atoms with Crippen molar-refractivity contribution in [1.82, 2.24) is 14.7 Å². The molecule has 2 aromatic heterocycles. The molecule has 0 spiro atoms. The summed E-state index contributed by atoms with van der Waals surface area (Å²) in [6.07, 6.45) is 1.74. The molecule has 0 radical (unpaired) electrons. The zero-order valence-electron chi connectivity index (χ0n) is 20.5. The molecular formula is C28H30BrN3O3. The zero-order chi connectivity index (χ0) is 25.0. The lowest BCUT2D eigenvalue weighted by Gasteiger charge is -2.26. The maximum absolute atomic E-state index is 12.9. The molecular weight excluding hydrogens is 506 g/mol. The number of furan rings is 1. The maximum atomic E-state index is 12.9. The van der Waals surface area contributed by atoms with Crippen molar-refractivity contribution in [2.45, 2.75) is 45.9 Å². The van der Waals surface area contributed by atoms with Crippen molar-refractivity contribution in [2.24, 2.45) is 0 Å². The number of ether oxygens (including phenoxy) is 1. The van der Waals surface area contributed by atoms with Crippen molar-refractivity contribution < 1.29 is 13.9 Å². The van der Waals surface area contributed by atoms with Gasteiger partial charge in [0.2, 0.25) is 0 Å². The normalized spacial score (nSPS) is 11.5. The fourth-order valence-corrected chi connectivity index (χ4v) is 4.44. The second-order valence-electron chi connectivity index (χ2n) is 8.99. The summed E-state index contributed by atoms with van der Waals surface area (Å²) in [7, 11) is 1.75. The molecule has 0 N–H and O–H groups in total. The molecule has 35 heavy (non-hydrogen) atoms. The zero-order valence-corrected chi connectivity index (χ0v) is 22.1. The minimum Gasteiger partial charge on any atom is -0.486 e. The summed E-state index contributed by atoms with van der Waals surface area (Å²) >= 11 is 3.50. The minimum absolute atomic E-state index is 0.105. The van der Waals surface area contributed by atoms with Gasteiger partial charge in [-0.2, -0.15) is 5.10 Å². The summed E-state index contributed by atoms with van der Waals surface area (Å²) < 4.78 is 14.4. The molecule has 0 fully saturated rings. The topological polar surface area (TPSA) is 60.5 Å². The number of carbonyl (C=O) groups excluding carboxylic acids is 1. The summed E-state index contributed by atoms with van der Waals surface area (Å²) in [6, 6.07) is 22.0. The Morgan fingerprint density at radius 3 is 2.43 bits per heavy atom. The van der Waals surface area contributed by atoms with Crippen LogP contribution in [0.25, 0.3) is 0 Å². The first kappa shape index (κ1) is 24.8. The highest BCUT2D eigenvalue weighted by Gasteiger charge is 2.23. The number of benzene rings is 2. The molecule has 0 bridgehead atoms. The average molecular weight is 536 g/mol. The summed E-state index contributed by atoms with van der Waals surface area (Å²) in [5.41, 5.74) is 3.31. The first-order chi connectivity index (χ1) is 16.8. The molecule has 0 unspecified atom stereocenters. The Hall–Kier alpha value is -3.32. The fraction of sp³-hybridized carbons (Fsp3) is 0.286. The van der Waals surface area contributed by atoms with Gasteiger partial charge in [0.1, 0.15) is 18.1 Å². The van der Waals surface area contributed by atoms with E-state index in [1.807, 2.05) is 29.8 Å². The third kappa shape index (κ3) is 5.51. The summed E-state index contributed by atoms with van der Waals surface area (Å²) in [4.78, 5) is 14.5. The third-order valence-corrected chi connectivity index (χ3v) is 6.92. The molecule has 0 aliphatic heterocycles. The summed E-state index contributed by atoms with van der Waals surface area (Å²) in [5.74, 6) is 1.43. The van der Waals surface area contributed by atoms with E-state index in [0.29, 0.717) is 12.3 Å². The van der Waals surface area contributed by atoms with Crippen molar-refractivity contribution >= 4 is 21.8 Å². The molecule has 4 rings (SSSR count). The Balaban J connectivity index is 1.36. The van der Waals surface area contributed by atoms with Crippen LogP contribution in [0.4, 0.5) is 0 Å². The lowest BCUT2D eigenvalue weighted by atomic mass is 9.78. The Bertz CT molecular complexity index is 1280. The predicted octanol–water partition coefficient (Wildman–Crippen LogP) is 6.44. The van der Waals surface area contributed by atoms with Crippen LogP contribution in [0, 0.1) is 0 Å². The van der Waals surface area contributed by atoms with Gasteiger partial charge in [0, 0.05) is 19.0 Å². The monoisotopic (exact) mass is 535 g/mol. The SMILES string of the molecule is CCn1ncc(Br)c1CN(C)C(=O)c1ccc(COc2ccc(C(C)(C)c3ccccc3)cc2)o1. The number of halogens is 1.